The van der Waals surface area contributed by atoms with Crippen LogP contribution in [0.5, 0.6) is 0 Å². The first-order valence-electron chi connectivity index (χ1n) is 2.15. The maximum atomic E-state index is 9.60. The molecule has 0 aromatic rings. The van der Waals surface area contributed by atoms with E-state index in [2.05, 4.69) is 13.9 Å². The average molecular weight is 190 g/mol. The summed E-state index contributed by atoms with van der Waals surface area (Å²) < 4.78 is 21.4. The zero-order chi connectivity index (χ0) is 8.28. The van der Waals surface area contributed by atoms with Crippen LogP contribution in [0.4, 0.5) is 0 Å². The Morgan fingerprint density at radius 2 is 2.00 bits per heavy atom. The quantitative estimate of drug-likeness (QED) is 0.383. The van der Waals surface area contributed by atoms with Gasteiger partial charge in [0, 0.05) is 0 Å². The van der Waals surface area contributed by atoms with E-state index in [1.807, 2.05) is 0 Å². The molecule has 0 radical (unpaired) electrons. The molecule has 6 nitrogen and oxygen atoms in total. The molecule has 0 bridgehead atoms. The summed E-state index contributed by atoms with van der Waals surface area (Å²) in [4.78, 5) is 17.8. The molecule has 0 aliphatic heterocycles. The topological polar surface area (TPSA) is 85.2 Å². The predicted molar refractivity (Wildman–Crippen MR) is 34.1 cm³/mol. The molecule has 0 spiro atoms. The summed E-state index contributed by atoms with van der Waals surface area (Å²) in [5, 5.41) is 0. The molecule has 62 valence electrons. The Labute approximate surface area is 59.2 Å². The van der Waals surface area contributed by atoms with Gasteiger partial charge >= 0.3 is 58.2 Å². The van der Waals surface area contributed by atoms with E-state index >= 15 is 0 Å². The molecule has 0 aliphatic rings. The molecular weight excluding hydrogens is 182 g/mol. The van der Waals surface area contributed by atoms with Crippen LogP contribution in [0.15, 0.2) is 0 Å². The van der Waals surface area contributed by atoms with Crippen LogP contribution < -0.4 is 0 Å². The van der Waals surface area contributed by atoms with Crippen LogP contribution in [0.25, 0.3) is 0 Å². The van der Waals surface area contributed by atoms with E-state index in [4.69, 9.17) is 9.79 Å². The maximum absolute atomic E-state index is 9.60. The van der Waals surface area contributed by atoms with Gasteiger partial charge in [0.15, 0.2) is 0 Å². The van der Waals surface area contributed by atoms with Crippen molar-refractivity contribution in [3.8, 4) is 0 Å². The fourth-order valence-corrected chi connectivity index (χ4v) is 0.905. The minimum absolute atomic E-state index is 0.811. The molecule has 0 aromatic heterocycles. The fraction of sp³-hybridized carbons (Fsp3) is 1.00. The van der Waals surface area contributed by atoms with Crippen LogP contribution in [-0.4, -0.2) is 23.6 Å². The molecule has 2 N–H and O–H groups in total. The summed E-state index contributed by atoms with van der Waals surface area (Å²) in [5.41, 5.74) is 0. The Morgan fingerprint density at radius 3 is 2.30 bits per heavy atom. The van der Waals surface area contributed by atoms with E-state index in [9.17, 15) is 4.57 Å². The van der Waals surface area contributed by atoms with Crippen molar-refractivity contribution >= 4 is 16.2 Å². The summed E-state index contributed by atoms with van der Waals surface area (Å²) in [5.74, 6) is 0. The first-order valence-corrected chi connectivity index (χ1v) is 5.31. The third-order valence-electron chi connectivity index (χ3n) is 0.656. The van der Waals surface area contributed by atoms with Gasteiger partial charge < -0.3 is 0 Å². The summed E-state index contributed by atoms with van der Waals surface area (Å²) >= 11 is 0. The first kappa shape index (κ1) is 10.3. The molecule has 0 unspecified atom stereocenters. The van der Waals surface area contributed by atoms with E-state index in [1.165, 1.54) is 0 Å². The second-order valence-corrected chi connectivity index (χ2v) is 4.99. The molecule has 0 saturated heterocycles. The Bertz CT molecular complexity index is 125. The van der Waals surface area contributed by atoms with Crippen molar-refractivity contribution in [1.29, 1.82) is 0 Å². The average Bonchev–Trinajstić information content (AvgIpc) is 1.84. The van der Waals surface area contributed by atoms with Gasteiger partial charge in [0.2, 0.25) is 0 Å². The molecule has 0 atom stereocenters. The van der Waals surface area contributed by atoms with Crippen molar-refractivity contribution < 1.29 is 28.2 Å². The van der Waals surface area contributed by atoms with Gasteiger partial charge in [0.1, 0.15) is 0 Å². The number of rotatable bonds is 4. The first-order chi connectivity index (χ1) is 4.39. The molecule has 0 fully saturated rings. The number of hydrogen-bond acceptors (Lipinski definition) is 6. The predicted octanol–water partition coefficient (Wildman–Crippen LogP) is 0.615. The van der Waals surface area contributed by atoms with Gasteiger partial charge in [0.05, 0.1) is 0 Å². The van der Waals surface area contributed by atoms with E-state index in [1.54, 1.807) is 0 Å². The van der Waals surface area contributed by atoms with Gasteiger partial charge in [-0.3, -0.25) is 0 Å². The van der Waals surface area contributed by atoms with Crippen LogP contribution in [0, 0.1) is 0 Å². The van der Waals surface area contributed by atoms with Gasteiger partial charge in [-0.1, -0.05) is 0 Å². The Hall–Kier alpha value is 0.330. The second kappa shape index (κ2) is 3.15. The van der Waals surface area contributed by atoms with Crippen LogP contribution in [0.1, 0.15) is 0 Å². The van der Waals surface area contributed by atoms with E-state index in [0.717, 1.165) is 13.8 Å². The molecular formula is C2H8O6P2. The van der Waals surface area contributed by atoms with E-state index < -0.39 is 16.2 Å². The molecule has 0 amide bonds. The minimum atomic E-state index is -4.58. The van der Waals surface area contributed by atoms with Gasteiger partial charge in [-0.15, -0.1) is 0 Å². The molecule has 0 saturated carbocycles. The summed E-state index contributed by atoms with van der Waals surface area (Å²) in [6, 6.07) is 0. The van der Waals surface area contributed by atoms with Crippen LogP contribution in [0.2, 0.25) is 0 Å². The monoisotopic (exact) mass is 190 g/mol. The fourth-order valence-electron chi connectivity index (χ4n) is 0.121. The Kier molecular flexibility index (Phi) is 3.26. The van der Waals surface area contributed by atoms with Crippen molar-refractivity contribution in [3.63, 3.8) is 0 Å². The van der Waals surface area contributed by atoms with Gasteiger partial charge in [-0.2, -0.15) is 0 Å². The molecule has 0 aliphatic carbocycles. The Balaban J connectivity index is 3.95. The summed E-state index contributed by atoms with van der Waals surface area (Å²) in [7, 11) is -4.36. The van der Waals surface area contributed by atoms with Gasteiger partial charge in [0.25, 0.3) is 0 Å². The standard InChI is InChI=1S/C2H8O6P2/c1-6-10(2,4,5)8-7-9-3/h4-5H,1-2H3. The normalized spacial score (nSPS) is 16.6. The molecule has 10 heavy (non-hydrogen) atoms. The van der Waals surface area contributed by atoms with Gasteiger partial charge in [-0.25, -0.2) is 0 Å². The summed E-state index contributed by atoms with van der Waals surface area (Å²) in [6.45, 7) is 0.900. The SMILES string of the molecule is COP(C)(O)(O)OOP=O. The Morgan fingerprint density at radius 1 is 1.50 bits per heavy atom. The van der Waals surface area contributed by atoms with Crippen molar-refractivity contribution in [2.75, 3.05) is 13.8 Å². The zero-order valence-electron chi connectivity index (χ0n) is 5.42. The summed E-state index contributed by atoms with van der Waals surface area (Å²) in [6.07, 6.45) is 0. The third-order valence-corrected chi connectivity index (χ3v) is 2.17. The van der Waals surface area contributed by atoms with Gasteiger partial charge in [-0.05, 0) is 0 Å². The van der Waals surface area contributed by atoms with Crippen LogP contribution in [0.3, 0.4) is 0 Å². The van der Waals surface area contributed by atoms with Crippen molar-refractivity contribution in [2.24, 2.45) is 0 Å². The van der Waals surface area contributed by atoms with Crippen molar-refractivity contribution in [2.45, 2.75) is 0 Å². The molecule has 8 heteroatoms. The van der Waals surface area contributed by atoms with Crippen molar-refractivity contribution in [3.05, 3.63) is 0 Å². The second-order valence-electron chi connectivity index (χ2n) is 1.66. The third kappa shape index (κ3) is 4.19. The molecule has 0 rings (SSSR count). The zero-order valence-corrected chi connectivity index (χ0v) is 7.21. The molecule has 0 heterocycles. The molecule has 0 aromatic carbocycles. The van der Waals surface area contributed by atoms with Crippen molar-refractivity contribution in [1.82, 2.24) is 0 Å². The van der Waals surface area contributed by atoms with Crippen LogP contribution in [-0.2, 0) is 18.4 Å². The van der Waals surface area contributed by atoms with Crippen LogP contribution >= 0.6 is 16.2 Å². The van der Waals surface area contributed by atoms with E-state index in [0.29, 0.717) is 0 Å². The van der Waals surface area contributed by atoms with E-state index in [-0.39, 0.29) is 0 Å². The number of hydrogen-bond donors (Lipinski definition) is 2.